The molecule has 0 aliphatic heterocycles. The zero-order valence-corrected chi connectivity index (χ0v) is 12.0. The molecular formula is C14H15NO2S2. The number of hydrogen-bond donors (Lipinski definition) is 2. The summed E-state index contributed by atoms with van der Waals surface area (Å²) in [5, 5.41) is 19.4. The fourth-order valence-electron chi connectivity index (χ4n) is 2.23. The number of rotatable bonds is 5. The Balaban J connectivity index is 1.71. The van der Waals surface area contributed by atoms with Crippen molar-refractivity contribution in [2.75, 3.05) is 6.54 Å². The van der Waals surface area contributed by atoms with E-state index in [9.17, 15) is 9.90 Å². The Labute approximate surface area is 119 Å². The monoisotopic (exact) mass is 293 g/mol. The summed E-state index contributed by atoms with van der Waals surface area (Å²) < 4.78 is 0. The van der Waals surface area contributed by atoms with Crippen LogP contribution in [0.5, 0.6) is 0 Å². The first-order valence-corrected chi connectivity index (χ1v) is 8.09. The van der Waals surface area contributed by atoms with E-state index in [4.69, 9.17) is 0 Å². The Hall–Kier alpha value is -1.17. The highest BCUT2D eigenvalue weighted by Crippen LogP contribution is 2.46. The van der Waals surface area contributed by atoms with Gasteiger partial charge in [0.1, 0.15) is 5.60 Å². The molecule has 1 fully saturated rings. The Bertz CT molecular complexity index is 546. The number of aliphatic hydroxyl groups is 1. The van der Waals surface area contributed by atoms with Crippen molar-refractivity contribution in [2.45, 2.75) is 18.4 Å². The fraction of sp³-hybridized carbons (Fsp3) is 0.357. The zero-order chi connectivity index (χ0) is 13.3. The average molecular weight is 293 g/mol. The number of thiophene rings is 2. The predicted octanol–water partition coefficient (Wildman–Crippen LogP) is 2.84. The minimum absolute atomic E-state index is 0.114. The molecule has 0 bridgehead atoms. The molecule has 1 aliphatic rings. The smallest absolute Gasteiger partial charge is 0.252 e. The topological polar surface area (TPSA) is 49.3 Å². The summed E-state index contributed by atoms with van der Waals surface area (Å²) in [4.78, 5) is 12.9. The normalized spacial score (nSPS) is 17.9. The van der Waals surface area contributed by atoms with Crippen LogP contribution < -0.4 is 5.32 Å². The van der Waals surface area contributed by atoms with Gasteiger partial charge in [-0.3, -0.25) is 4.79 Å². The highest BCUT2D eigenvalue weighted by atomic mass is 32.1. The Kier molecular flexibility index (Phi) is 3.43. The van der Waals surface area contributed by atoms with Gasteiger partial charge in [-0.05, 0) is 41.7 Å². The molecule has 3 rings (SSSR count). The Morgan fingerprint density at radius 3 is 2.84 bits per heavy atom. The van der Waals surface area contributed by atoms with Crippen molar-refractivity contribution in [3.8, 4) is 0 Å². The van der Waals surface area contributed by atoms with Crippen molar-refractivity contribution in [1.82, 2.24) is 5.32 Å². The van der Waals surface area contributed by atoms with E-state index in [-0.39, 0.29) is 18.4 Å². The van der Waals surface area contributed by atoms with Crippen molar-refractivity contribution in [2.24, 2.45) is 5.92 Å². The van der Waals surface area contributed by atoms with E-state index in [1.54, 1.807) is 17.4 Å². The molecule has 3 nitrogen and oxygen atoms in total. The summed E-state index contributed by atoms with van der Waals surface area (Å²) in [5.41, 5.74) is -0.242. The van der Waals surface area contributed by atoms with Crippen molar-refractivity contribution in [3.05, 3.63) is 44.8 Å². The molecular weight excluding hydrogens is 278 g/mol. The average Bonchev–Trinajstić information content (AvgIpc) is 2.95. The molecule has 0 radical (unpaired) electrons. The van der Waals surface area contributed by atoms with Gasteiger partial charge in [-0.25, -0.2) is 0 Å². The van der Waals surface area contributed by atoms with Gasteiger partial charge in [0.25, 0.3) is 5.91 Å². The zero-order valence-electron chi connectivity index (χ0n) is 10.3. The minimum Gasteiger partial charge on any atom is -0.382 e. The van der Waals surface area contributed by atoms with Gasteiger partial charge in [0, 0.05) is 15.8 Å². The van der Waals surface area contributed by atoms with E-state index in [0.717, 1.165) is 17.7 Å². The third-order valence-corrected chi connectivity index (χ3v) is 5.22. The summed E-state index contributed by atoms with van der Waals surface area (Å²) in [6, 6.07) is 5.68. The van der Waals surface area contributed by atoms with Gasteiger partial charge >= 0.3 is 0 Å². The molecule has 2 aromatic heterocycles. The maximum atomic E-state index is 12.0. The molecule has 1 amide bonds. The first-order chi connectivity index (χ1) is 9.20. The van der Waals surface area contributed by atoms with Gasteiger partial charge in [0.05, 0.1) is 6.54 Å². The maximum absolute atomic E-state index is 12.0. The molecule has 19 heavy (non-hydrogen) atoms. The maximum Gasteiger partial charge on any atom is 0.252 e. The first-order valence-electron chi connectivity index (χ1n) is 6.27. The van der Waals surface area contributed by atoms with Gasteiger partial charge in [-0.2, -0.15) is 11.3 Å². The minimum atomic E-state index is -0.903. The van der Waals surface area contributed by atoms with Crippen molar-refractivity contribution >= 4 is 28.6 Å². The van der Waals surface area contributed by atoms with Gasteiger partial charge in [0.2, 0.25) is 0 Å². The summed E-state index contributed by atoms with van der Waals surface area (Å²) in [5.74, 6) is 0.158. The van der Waals surface area contributed by atoms with E-state index in [2.05, 4.69) is 5.32 Å². The first kappa shape index (κ1) is 12.8. The van der Waals surface area contributed by atoms with E-state index in [1.165, 1.54) is 11.3 Å². The fourth-order valence-corrected chi connectivity index (χ4v) is 3.77. The molecule has 0 spiro atoms. The van der Waals surface area contributed by atoms with E-state index < -0.39 is 5.60 Å². The van der Waals surface area contributed by atoms with Gasteiger partial charge < -0.3 is 10.4 Å². The van der Waals surface area contributed by atoms with Crippen LogP contribution in [0.2, 0.25) is 0 Å². The molecule has 0 saturated heterocycles. The van der Waals surface area contributed by atoms with Crippen molar-refractivity contribution in [1.29, 1.82) is 0 Å². The predicted molar refractivity (Wildman–Crippen MR) is 77.6 cm³/mol. The van der Waals surface area contributed by atoms with Crippen LogP contribution in [0.3, 0.4) is 0 Å². The third kappa shape index (κ3) is 2.59. The van der Waals surface area contributed by atoms with Crippen LogP contribution in [0.15, 0.2) is 34.3 Å². The molecule has 1 atom stereocenters. The SMILES string of the molecule is O=C(NC[C@@](O)(c1cccs1)C1CC1)c1ccsc1. The highest BCUT2D eigenvalue weighted by Gasteiger charge is 2.45. The van der Waals surface area contributed by atoms with Crippen LogP contribution in [-0.2, 0) is 5.60 Å². The lowest BCUT2D eigenvalue weighted by Gasteiger charge is -2.27. The van der Waals surface area contributed by atoms with Crippen LogP contribution in [0.1, 0.15) is 28.1 Å². The molecule has 2 heterocycles. The third-order valence-electron chi connectivity index (χ3n) is 3.50. The lowest BCUT2D eigenvalue weighted by Crippen LogP contribution is -2.41. The molecule has 5 heteroatoms. The molecule has 2 N–H and O–H groups in total. The lowest BCUT2D eigenvalue weighted by molar-refractivity contribution is 0.0169. The lowest BCUT2D eigenvalue weighted by atomic mass is 9.95. The number of hydrogen-bond acceptors (Lipinski definition) is 4. The van der Waals surface area contributed by atoms with Crippen molar-refractivity contribution < 1.29 is 9.90 Å². The Morgan fingerprint density at radius 2 is 2.26 bits per heavy atom. The summed E-state index contributed by atoms with van der Waals surface area (Å²) in [6.07, 6.45) is 2.06. The molecule has 0 unspecified atom stereocenters. The van der Waals surface area contributed by atoms with Gasteiger partial charge in [0.15, 0.2) is 0 Å². The number of carbonyl (C=O) groups excluding carboxylic acids is 1. The summed E-state index contributed by atoms with van der Waals surface area (Å²) in [6.45, 7) is 0.285. The number of carbonyl (C=O) groups is 1. The van der Waals surface area contributed by atoms with Gasteiger partial charge in [-0.15, -0.1) is 11.3 Å². The second-order valence-electron chi connectivity index (χ2n) is 4.87. The van der Waals surface area contributed by atoms with Crippen LogP contribution in [0, 0.1) is 5.92 Å². The quantitative estimate of drug-likeness (QED) is 0.890. The van der Waals surface area contributed by atoms with Crippen LogP contribution >= 0.6 is 22.7 Å². The summed E-state index contributed by atoms with van der Waals surface area (Å²) in [7, 11) is 0. The second-order valence-corrected chi connectivity index (χ2v) is 6.60. The highest BCUT2D eigenvalue weighted by molar-refractivity contribution is 7.10. The van der Waals surface area contributed by atoms with Gasteiger partial charge in [-0.1, -0.05) is 6.07 Å². The number of amides is 1. The van der Waals surface area contributed by atoms with Crippen LogP contribution in [0.4, 0.5) is 0 Å². The molecule has 0 aromatic carbocycles. The van der Waals surface area contributed by atoms with Crippen LogP contribution in [0.25, 0.3) is 0 Å². The van der Waals surface area contributed by atoms with E-state index in [1.807, 2.05) is 28.3 Å². The van der Waals surface area contributed by atoms with Crippen LogP contribution in [-0.4, -0.2) is 17.6 Å². The molecule has 1 saturated carbocycles. The van der Waals surface area contributed by atoms with E-state index >= 15 is 0 Å². The standard InChI is InChI=1S/C14H15NO2S2/c16-13(10-5-7-18-8-10)15-9-14(17,11-3-4-11)12-2-1-6-19-12/h1-2,5-8,11,17H,3-4,9H2,(H,15,16)/t14-/m0/s1. The molecule has 1 aliphatic carbocycles. The number of nitrogens with one attached hydrogen (secondary N) is 1. The summed E-state index contributed by atoms with van der Waals surface area (Å²) >= 11 is 3.04. The van der Waals surface area contributed by atoms with E-state index in [0.29, 0.717) is 5.56 Å². The molecule has 2 aromatic rings. The van der Waals surface area contributed by atoms with Crippen molar-refractivity contribution in [3.63, 3.8) is 0 Å². The molecule has 100 valence electrons. The largest absolute Gasteiger partial charge is 0.382 e. The second kappa shape index (κ2) is 5.07. The Morgan fingerprint density at radius 1 is 1.42 bits per heavy atom.